The van der Waals surface area contributed by atoms with Gasteiger partial charge in [0.05, 0.1) is 29.5 Å². The highest BCUT2D eigenvalue weighted by molar-refractivity contribution is 5.92. The fourth-order valence-electron chi connectivity index (χ4n) is 4.46. The number of benzene rings is 1. The van der Waals surface area contributed by atoms with Gasteiger partial charge >= 0.3 is 5.97 Å². The number of carboxylic acids is 1. The molecule has 3 aromatic rings. The number of nitrogens with zero attached hydrogens (tertiary/aromatic N) is 3. The Hall–Kier alpha value is -3.58. The van der Waals surface area contributed by atoms with Crippen LogP contribution in [0.2, 0.25) is 0 Å². The molecule has 0 radical (unpaired) electrons. The van der Waals surface area contributed by atoms with Crippen molar-refractivity contribution in [1.29, 1.82) is 0 Å². The molecule has 0 bridgehead atoms. The van der Waals surface area contributed by atoms with Crippen molar-refractivity contribution in [2.75, 3.05) is 5.01 Å². The van der Waals surface area contributed by atoms with Gasteiger partial charge in [-0.05, 0) is 67.3 Å². The van der Waals surface area contributed by atoms with Crippen molar-refractivity contribution in [3.05, 3.63) is 72.2 Å². The third-order valence-corrected chi connectivity index (χ3v) is 6.40. The number of carboxylic acid groups (broad SMARTS) is 1. The van der Waals surface area contributed by atoms with Gasteiger partial charge in [-0.15, -0.1) is 0 Å². The summed E-state index contributed by atoms with van der Waals surface area (Å²) in [6.45, 7) is 1.48. The molecular weight excluding hydrogens is 416 g/mol. The summed E-state index contributed by atoms with van der Waals surface area (Å²) in [5.41, 5.74) is 4.97. The van der Waals surface area contributed by atoms with Gasteiger partial charge in [-0.2, -0.15) is 0 Å². The third-order valence-electron chi connectivity index (χ3n) is 6.40. The van der Waals surface area contributed by atoms with Crippen LogP contribution in [0.5, 0.6) is 0 Å². The number of pyridine rings is 2. The van der Waals surface area contributed by atoms with E-state index < -0.39 is 5.97 Å². The smallest absolute Gasteiger partial charge is 0.303 e. The minimum Gasteiger partial charge on any atom is -0.481 e. The lowest BCUT2D eigenvalue weighted by Crippen LogP contribution is -2.25. The van der Waals surface area contributed by atoms with E-state index in [2.05, 4.69) is 34.2 Å². The summed E-state index contributed by atoms with van der Waals surface area (Å²) in [6.07, 6.45) is 7.60. The molecule has 7 nitrogen and oxygen atoms in total. The average Bonchev–Trinajstić information content (AvgIpc) is 2.84. The molecule has 2 aromatic heterocycles. The lowest BCUT2D eigenvalue weighted by molar-refractivity contribution is -0.138. The molecule has 0 unspecified atom stereocenters. The van der Waals surface area contributed by atoms with Gasteiger partial charge in [-0.3, -0.25) is 24.6 Å². The zero-order chi connectivity index (χ0) is 23.4. The molecule has 1 aliphatic carbocycles. The fourth-order valence-corrected chi connectivity index (χ4v) is 4.46. The minimum atomic E-state index is -0.693. The molecule has 0 aliphatic heterocycles. The number of aromatic nitrogens is 2. The van der Waals surface area contributed by atoms with Crippen LogP contribution in [0.1, 0.15) is 61.0 Å². The Morgan fingerprint density at radius 3 is 2.09 bits per heavy atom. The van der Waals surface area contributed by atoms with Crippen LogP contribution in [0.3, 0.4) is 0 Å². The fraction of sp³-hybridized carbons (Fsp3) is 0.308. The Morgan fingerprint density at radius 2 is 1.58 bits per heavy atom. The predicted molar refractivity (Wildman–Crippen MR) is 127 cm³/mol. The van der Waals surface area contributed by atoms with Gasteiger partial charge in [0, 0.05) is 18.9 Å². The van der Waals surface area contributed by atoms with Gasteiger partial charge in [0.25, 0.3) is 0 Å². The first-order valence-electron chi connectivity index (χ1n) is 11.2. The highest BCUT2D eigenvalue weighted by Crippen LogP contribution is 2.37. The van der Waals surface area contributed by atoms with Crippen molar-refractivity contribution >= 4 is 23.1 Å². The highest BCUT2D eigenvalue weighted by Gasteiger charge is 2.24. The van der Waals surface area contributed by atoms with Crippen molar-refractivity contribution in [1.82, 2.24) is 9.97 Å². The molecule has 33 heavy (non-hydrogen) atoms. The number of aliphatic carboxylic acids is 1. The Balaban J connectivity index is 1.40. The number of hydrogen-bond acceptors (Lipinski definition) is 6. The van der Waals surface area contributed by atoms with Crippen molar-refractivity contribution < 1.29 is 14.7 Å². The number of hydrazine groups is 1. The van der Waals surface area contributed by atoms with Crippen molar-refractivity contribution in [2.45, 2.75) is 44.9 Å². The largest absolute Gasteiger partial charge is 0.481 e. The van der Waals surface area contributed by atoms with E-state index in [0.29, 0.717) is 28.9 Å². The topological polar surface area (TPSA) is 109 Å². The quantitative estimate of drug-likeness (QED) is 0.296. The van der Waals surface area contributed by atoms with Crippen LogP contribution >= 0.6 is 0 Å². The Morgan fingerprint density at radius 1 is 0.939 bits per heavy atom. The van der Waals surface area contributed by atoms with E-state index >= 15 is 0 Å². The molecule has 2 heterocycles. The van der Waals surface area contributed by atoms with Gasteiger partial charge in [0.15, 0.2) is 5.78 Å². The number of hydrogen-bond donors (Lipinski definition) is 2. The number of anilines is 2. The Kier molecular flexibility index (Phi) is 6.79. The van der Waals surface area contributed by atoms with E-state index in [4.69, 9.17) is 10.9 Å². The van der Waals surface area contributed by atoms with Gasteiger partial charge in [0.1, 0.15) is 5.69 Å². The van der Waals surface area contributed by atoms with Crippen LogP contribution in [-0.2, 0) is 4.79 Å². The standard InChI is InChI=1S/C26H28N4O3/c1-17(31)24-12-10-22(15-28-24)30(27)23-11-13-25(29-16-23)21-8-6-20(7-9-21)19-4-2-18(3-5-19)14-26(32)33/h6-13,15-16,18-19H,2-5,14,27H2,1H3,(H,32,33). The predicted octanol–water partition coefficient (Wildman–Crippen LogP) is 5.11. The number of nitrogens with two attached hydrogens (primary N) is 1. The van der Waals surface area contributed by atoms with Gasteiger partial charge in [-0.1, -0.05) is 24.3 Å². The molecule has 4 rings (SSSR count). The summed E-state index contributed by atoms with van der Waals surface area (Å²) in [7, 11) is 0. The second-order valence-corrected chi connectivity index (χ2v) is 8.67. The van der Waals surface area contributed by atoms with Crippen LogP contribution in [0.25, 0.3) is 11.3 Å². The average molecular weight is 445 g/mol. The molecule has 3 N–H and O–H groups in total. The summed E-state index contributed by atoms with van der Waals surface area (Å²) in [6, 6.07) is 15.7. The Bertz CT molecular complexity index is 1100. The molecule has 0 atom stereocenters. The zero-order valence-corrected chi connectivity index (χ0v) is 18.6. The molecule has 1 aliphatic rings. The first-order chi connectivity index (χ1) is 15.9. The molecule has 0 spiro atoms. The van der Waals surface area contributed by atoms with Gasteiger partial charge in [-0.25, -0.2) is 5.84 Å². The van der Waals surface area contributed by atoms with Crippen molar-refractivity contribution in [2.24, 2.45) is 11.8 Å². The summed E-state index contributed by atoms with van der Waals surface area (Å²) in [5, 5.41) is 10.5. The van der Waals surface area contributed by atoms with Crippen molar-refractivity contribution in [3.63, 3.8) is 0 Å². The molecule has 7 heteroatoms. The minimum absolute atomic E-state index is 0.0898. The van der Waals surface area contributed by atoms with Gasteiger partial charge < -0.3 is 5.11 Å². The zero-order valence-electron chi connectivity index (χ0n) is 18.6. The maximum atomic E-state index is 11.4. The number of carbonyl (C=O) groups excluding carboxylic acids is 1. The molecule has 1 saturated carbocycles. The van der Waals surface area contributed by atoms with Crippen LogP contribution in [0, 0.1) is 5.92 Å². The highest BCUT2D eigenvalue weighted by atomic mass is 16.4. The number of carbonyl (C=O) groups is 2. The summed E-state index contributed by atoms with van der Waals surface area (Å²) in [4.78, 5) is 31.0. The molecule has 170 valence electrons. The number of Topliss-reactive ketones (excluding diaryl/α,β-unsaturated/α-hetero) is 1. The van der Waals surface area contributed by atoms with Crippen LogP contribution in [0.4, 0.5) is 11.4 Å². The first-order valence-corrected chi connectivity index (χ1v) is 11.2. The second-order valence-electron chi connectivity index (χ2n) is 8.67. The maximum absolute atomic E-state index is 11.4. The van der Waals surface area contributed by atoms with E-state index in [9.17, 15) is 9.59 Å². The molecule has 1 aromatic carbocycles. The SMILES string of the molecule is CC(=O)c1ccc(N(N)c2ccc(-c3ccc(C4CCC(CC(=O)O)CC4)cc3)nc2)cn1. The first kappa shape index (κ1) is 22.6. The van der Waals surface area contributed by atoms with Crippen LogP contribution in [-0.4, -0.2) is 26.8 Å². The molecular formula is C26H28N4O3. The maximum Gasteiger partial charge on any atom is 0.303 e. The Labute approximate surface area is 193 Å². The van der Waals surface area contributed by atoms with Crippen molar-refractivity contribution in [3.8, 4) is 11.3 Å². The lowest BCUT2D eigenvalue weighted by Gasteiger charge is -2.28. The normalized spacial score (nSPS) is 18.0. The van der Waals surface area contributed by atoms with E-state index in [1.807, 2.05) is 12.1 Å². The third kappa shape index (κ3) is 5.43. The number of rotatable bonds is 7. The molecule has 0 saturated heterocycles. The monoisotopic (exact) mass is 444 g/mol. The van der Waals surface area contributed by atoms with Gasteiger partial charge in [0.2, 0.25) is 0 Å². The summed E-state index contributed by atoms with van der Waals surface area (Å²) < 4.78 is 0. The van der Waals surface area contributed by atoms with Crippen LogP contribution in [0.15, 0.2) is 60.9 Å². The van der Waals surface area contributed by atoms with E-state index in [1.54, 1.807) is 24.5 Å². The molecule has 0 amide bonds. The van der Waals surface area contributed by atoms with E-state index in [0.717, 1.165) is 36.9 Å². The molecule has 1 fully saturated rings. The number of ketones is 1. The van der Waals surface area contributed by atoms with E-state index in [-0.39, 0.29) is 12.2 Å². The second kappa shape index (κ2) is 9.92. The lowest BCUT2D eigenvalue weighted by atomic mass is 9.77. The van der Waals surface area contributed by atoms with E-state index in [1.165, 1.54) is 17.5 Å². The van der Waals surface area contributed by atoms with Crippen LogP contribution < -0.4 is 10.9 Å². The summed E-state index contributed by atoms with van der Waals surface area (Å²) in [5.74, 6) is 6.23. The summed E-state index contributed by atoms with van der Waals surface area (Å²) >= 11 is 0.